The van der Waals surface area contributed by atoms with Crippen molar-refractivity contribution in [2.75, 3.05) is 5.75 Å². The number of aryl methyl sites for hydroxylation is 1. The summed E-state index contributed by atoms with van der Waals surface area (Å²) in [5.74, 6) is -0.935. The van der Waals surface area contributed by atoms with E-state index in [0.29, 0.717) is 11.1 Å². The quantitative estimate of drug-likeness (QED) is 0.334. The highest BCUT2D eigenvalue weighted by atomic mass is 32.2. The molecule has 0 aromatic carbocycles. The van der Waals surface area contributed by atoms with Gasteiger partial charge in [-0.3, -0.25) is 4.98 Å². The van der Waals surface area contributed by atoms with E-state index in [0.717, 1.165) is 18.3 Å². The van der Waals surface area contributed by atoms with Crippen LogP contribution in [-0.4, -0.2) is 38.7 Å². The largest absolute Gasteiger partial charge is 0.433 e. The van der Waals surface area contributed by atoms with Crippen LogP contribution in [0.4, 0.5) is 17.6 Å². The molecule has 0 bridgehead atoms. The fourth-order valence-corrected chi connectivity index (χ4v) is 4.26. The van der Waals surface area contributed by atoms with E-state index in [4.69, 9.17) is 0 Å². The number of sulfone groups is 1. The molecule has 12 heteroatoms. The van der Waals surface area contributed by atoms with Gasteiger partial charge < -0.3 is 4.57 Å². The third-order valence-electron chi connectivity index (χ3n) is 4.90. The fraction of sp³-hybridized carbons (Fsp3) is 0.200. The molecule has 4 rings (SSSR count). The number of nitrogens with zero attached hydrogens (tertiary/aromatic N) is 5. The zero-order valence-electron chi connectivity index (χ0n) is 16.7. The molecule has 0 radical (unpaired) electrons. The minimum absolute atomic E-state index is 0.00764. The van der Waals surface area contributed by atoms with Crippen LogP contribution in [0.3, 0.4) is 0 Å². The summed E-state index contributed by atoms with van der Waals surface area (Å²) < 4.78 is 79.7. The number of imidazole rings is 1. The summed E-state index contributed by atoms with van der Waals surface area (Å²) in [4.78, 5) is 15.2. The summed E-state index contributed by atoms with van der Waals surface area (Å²) >= 11 is 0. The molecule has 0 aliphatic heterocycles. The Labute approximate surface area is 179 Å². The first-order chi connectivity index (χ1) is 15.0. The zero-order chi connectivity index (χ0) is 23.3. The lowest BCUT2D eigenvalue weighted by Gasteiger charge is -2.11. The van der Waals surface area contributed by atoms with Gasteiger partial charge in [0.15, 0.2) is 15.7 Å². The number of rotatable bonds is 4. The van der Waals surface area contributed by atoms with Crippen molar-refractivity contribution < 1.29 is 26.0 Å². The van der Waals surface area contributed by atoms with Gasteiger partial charge in [0.05, 0.1) is 27.9 Å². The zero-order valence-corrected chi connectivity index (χ0v) is 17.5. The van der Waals surface area contributed by atoms with Gasteiger partial charge in [-0.2, -0.15) is 17.6 Å². The van der Waals surface area contributed by atoms with Crippen molar-refractivity contribution >= 4 is 20.9 Å². The van der Waals surface area contributed by atoms with Crippen LogP contribution in [-0.2, 0) is 23.1 Å². The van der Waals surface area contributed by atoms with Crippen LogP contribution < -0.4 is 0 Å². The van der Waals surface area contributed by atoms with Gasteiger partial charge in [0.25, 0.3) is 0 Å². The maximum absolute atomic E-state index is 13.5. The van der Waals surface area contributed by atoms with Crippen LogP contribution in [0.15, 0.2) is 47.8 Å². The van der Waals surface area contributed by atoms with Crippen molar-refractivity contribution in [1.82, 2.24) is 24.5 Å². The maximum atomic E-state index is 13.5. The van der Waals surface area contributed by atoms with Crippen molar-refractivity contribution in [2.45, 2.75) is 18.0 Å². The second-order valence-corrected chi connectivity index (χ2v) is 9.14. The Balaban J connectivity index is 1.95. The Morgan fingerprint density at radius 1 is 1.03 bits per heavy atom. The average molecular weight is 465 g/mol. The SMILES string of the molecule is CCS(=O)(=O)c1cc(-c2ccnc(F)c2)cnc1-c1nc2cc(C(F)(F)F)ncc2n1C. The maximum Gasteiger partial charge on any atom is 0.433 e. The predicted molar refractivity (Wildman–Crippen MR) is 108 cm³/mol. The molecule has 0 fully saturated rings. The van der Waals surface area contributed by atoms with Crippen LogP contribution in [0.25, 0.3) is 33.7 Å². The number of aromatic nitrogens is 5. The molecule has 0 amide bonds. The summed E-state index contributed by atoms with van der Waals surface area (Å²) in [6.07, 6.45) is -1.04. The molecular weight excluding hydrogens is 450 g/mol. The van der Waals surface area contributed by atoms with Gasteiger partial charge in [-0.05, 0) is 23.8 Å². The third-order valence-corrected chi connectivity index (χ3v) is 6.64. The van der Waals surface area contributed by atoms with Crippen molar-refractivity contribution in [3.8, 4) is 22.6 Å². The highest BCUT2D eigenvalue weighted by Gasteiger charge is 2.33. The fourth-order valence-electron chi connectivity index (χ4n) is 3.20. The predicted octanol–water partition coefficient (Wildman–Crippen LogP) is 4.04. The molecule has 0 aliphatic rings. The molecule has 32 heavy (non-hydrogen) atoms. The number of hydrogen-bond donors (Lipinski definition) is 0. The minimum atomic E-state index is -4.65. The van der Waals surface area contributed by atoms with Gasteiger partial charge in [0.2, 0.25) is 5.95 Å². The summed E-state index contributed by atoms with van der Waals surface area (Å²) in [7, 11) is -2.30. The molecule has 0 atom stereocenters. The van der Waals surface area contributed by atoms with Crippen LogP contribution in [0.2, 0.25) is 0 Å². The van der Waals surface area contributed by atoms with E-state index in [1.165, 1.54) is 43.1 Å². The topological polar surface area (TPSA) is 90.6 Å². The highest BCUT2D eigenvalue weighted by Crippen LogP contribution is 2.33. The Morgan fingerprint density at radius 3 is 2.44 bits per heavy atom. The van der Waals surface area contributed by atoms with Gasteiger partial charge in [0, 0.05) is 31.1 Å². The molecule has 0 N–H and O–H groups in total. The molecule has 4 heterocycles. The molecular formula is C20H15F4N5O2S. The monoisotopic (exact) mass is 465 g/mol. The molecule has 166 valence electrons. The highest BCUT2D eigenvalue weighted by molar-refractivity contribution is 7.91. The summed E-state index contributed by atoms with van der Waals surface area (Å²) in [5.41, 5.74) is -0.173. The Morgan fingerprint density at radius 2 is 1.78 bits per heavy atom. The molecule has 4 aromatic rings. The van der Waals surface area contributed by atoms with Crippen LogP contribution in [0.1, 0.15) is 12.6 Å². The Kier molecular flexibility index (Phi) is 5.19. The Bertz CT molecular complexity index is 1450. The van der Waals surface area contributed by atoms with E-state index in [-0.39, 0.29) is 33.2 Å². The number of halogens is 4. The van der Waals surface area contributed by atoms with Gasteiger partial charge in [-0.15, -0.1) is 0 Å². The van der Waals surface area contributed by atoms with Crippen molar-refractivity contribution in [1.29, 1.82) is 0 Å². The lowest BCUT2D eigenvalue weighted by Crippen LogP contribution is -2.09. The van der Waals surface area contributed by atoms with E-state index < -0.39 is 27.7 Å². The minimum Gasteiger partial charge on any atom is -0.324 e. The second-order valence-electron chi connectivity index (χ2n) is 6.89. The normalized spacial score (nSPS) is 12.4. The molecule has 7 nitrogen and oxygen atoms in total. The van der Waals surface area contributed by atoms with Gasteiger partial charge in [0.1, 0.15) is 11.4 Å². The van der Waals surface area contributed by atoms with Gasteiger partial charge in [-0.1, -0.05) is 6.92 Å². The third kappa shape index (κ3) is 3.81. The first kappa shape index (κ1) is 21.8. The van der Waals surface area contributed by atoms with Crippen molar-refractivity contribution in [3.05, 3.63) is 54.5 Å². The molecule has 0 unspecified atom stereocenters. The van der Waals surface area contributed by atoms with Gasteiger partial charge >= 0.3 is 6.18 Å². The smallest absolute Gasteiger partial charge is 0.324 e. The standard InChI is InChI=1S/C20H15F4N5O2S/c1-3-32(30,31)15-6-12(11-4-5-25-17(21)7-11)9-27-18(15)19-28-13-8-16(20(22,23)24)26-10-14(13)29(19)2/h4-10H,3H2,1-2H3. The average Bonchev–Trinajstić information content (AvgIpc) is 3.08. The molecule has 0 aliphatic carbocycles. The van der Waals surface area contributed by atoms with Crippen LogP contribution in [0.5, 0.6) is 0 Å². The summed E-state index contributed by atoms with van der Waals surface area (Å²) in [6, 6.07) is 4.77. The van der Waals surface area contributed by atoms with E-state index in [9.17, 15) is 26.0 Å². The van der Waals surface area contributed by atoms with Gasteiger partial charge in [-0.25, -0.2) is 23.4 Å². The molecule has 4 aromatic heterocycles. The number of fused-ring (bicyclic) bond motifs is 1. The van der Waals surface area contributed by atoms with Crippen molar-refractivity contribution in [2.24, 2.45) is 7.05 Å². The van der Waals surface area contributed by atoms with Crippen molar-refractivity contribution in [3.63, 3.8) is 0 Å². The van der Waals surface area contributed by atoms with E-state index in [1.54, 1.807) is 0 Å². The number of alkyl halides is 3. The first-order valence-electron chi connectivity index (χ1n) is 9.26. The Hall–Kier alpha value is -3.41. The molecule has 0 saturated heterocycles. The molecule has 0 saturated carbocycles. The van der Waals surface area contributed by atoms with E-state index >= 15 is 0 Å². The van der Waals surface area contributed by atoms with Crippen LogP contribution >= 0.6 is 0 Å². The first-order valence-corrected chi connectivity index (χ1v) is 10.9. The molecule has 0 spiro atoms. The number of hydrogen-bond acceptors (Lipinski definition) is 6. The van der Waals surface area contributed by atoms with E-state index in [1.807, 2.05) is 0 Å². The van der Waals surface area contributed by atoms with Crippen LogP contribution in [0, 0.1) is 5.95 Å². The summed E-state index contributed by atoms with van der Waals surface area (Å²) in [5, 5.41) is 0. The van der Waals surface area contributed by atoms with E-state index in [2.05, 4.69) is 19.9 Å². The lowest BCUT2D eigenvalue weighted by atomic mass is 10.1. The summed E-state index contributed by atoms with van der Waals surface area (Å²) in [6.45, 7) is 1.45. The lowest BCUT2D eigenvalue weighted by molar-refractivity contribution is -0.141. The number of pyridine rings is 3. The second kappa shape index (κ2) is 7.62.